The van der Waals surface area contributed by atoms with Gasteiger partial charge in [0.2, 0.25) is 0 Å². The zero-order chi connectivity index (χ0) is 18.3. The Labute approximate surface area is 153 Å². The highest BCUT2D eigenvalue weighted by atomic mass is 16.5. The Bertz CT molecular complexity index is 1080. The molecule has 1 N–H and O–H groups in total. The predicted octanol–water partition coefficient (Wildman–Crippen LogP) is 1.90. The van der Waals surface area contributed by atoms with Crippen LogP contribution in [0.5, 0.6) is 0 Å². The Morgan fingerprint density at radius 2 is 1.81 bits per heavy atom. The smallest absolute Gasteiger partial charge is 0.279 e. The van der Waals surface area contributed by atoms with E-state index in [1.807, 2.05) is 18.2 Å². The first-order valence-corrected chi connectivity index (χ1v) is 8.36. The van der Waals surface area contributed by atoms with Crippen molar-refractivity contribution in [3.05, 3.63) is 71.7 Å². The standard InChI is InChI=1S/C18H14N8O/c1-11-23-17(27-26-11)16-12-2-5-18(8-13(12)24-25-16,14-3-6-19-9-21-14)15-4-7-20-10-22-15/h2-7,9-10H,8H2,1H3,(H,24,25). The van der Waals surface area contributed by atoms with Gasteiger partial charge in [0.1, 0.15) is 12.7 Å². The zero-order valence-electron chi connectivity index (χ0n) is 14.4. The zero-order valence-corrected chi connectivity index (χ0v) is 14.4. The highest BCUT2D eigenvalue weighted by Gasteiger charge is 2.39. The molecule has 0 unspecified atom stereocenters. The van der Waals surface area contributed by atoms with Crippen molar-refractivity contribution >= 4 is 6.08 Å². The van der Waals surface area contributed by atoms with Crippen molar-refractivity contribution in [2.24, 2.45) is 0 Å². The molecule has 9 nitrogen and oxygen atoms in total. The van der Waals surface area contributed by atoms with Gasteiger partial charge in [-0.1, -0.05) is 17.3 Å². The number of hydrogen-bond acceptors (Lipinski definition) is 8. The van der Waals surface area contributed by atoms with Crippen LogP contribution in [0, 0.1) is 6.92 Å². The van der Waals surface area contributed by atoms with Crippen molar-refractivity contribution in [3.8, 4) is 11.6 Å². The Morgan fingerprint density at radius 3 is 2.41 bits per heavy atom. The monoisotopic (exact) mass is 358 g/mol. The third-order valence-corrected chi connectivity index (χ3v) is 4.68. The first-order valence-electron chi connectivity index (χ1n) is 8.36. The molecule has 27 heavy (non-hydrogen) atoms. The molecule has 0 amide bonds. The van der Waals surface area contributed by atoms with E-state index in [-0.39, 0.29) is 0 Å². The van der Waals surface area contributed by atoms with Crippen LogP contribution in [0.15, 0.2) is 47.8 Å². The van der Waals surface area contributed by atoms with Crippen molar-refractivity contribution in [1.82, 2.24) is 40.3 Å². The van der Waals surface area contributed by atoms with E-state index >= 15 is 0 Å². The van der Waals surface area contributed by atoms with Crippen LogP contribution in [-0.2, 0) is 11.8 Å². The molecule has 0 bridgehead atoms. The Hall–Kier alpha value is -3.75. The number of rotatable bonds is 3. The van der Waals surface area contributed by atoms with Crippen molar-refractivity contribution in [2.45, 2.75) is 18.8 Å². The first-order chi connectivity index (χ1) is 13.3. The van der Waals surface area contributed by atoms with Crippen LogP contribution in [0.25, 0.3) is 17.7 Å². The molecule has 0 spiro atoms. The molecule has 4 aromatic rings. The van der Waals surface area contributed by atoms with Crippen molar-refractivity contribution in [1.29, 1.82) is 0 Å². The summed E-state index contributed by atoms with van der Waals surface area (Å²) < 4.78 is 5.28. The molecule has 0 radical (unpaired) electrons. The van der Waals surface area contributed by atoms with Gasteiger partial charge in [0, 0.05) is 30.1 Å². The SMILES string of the molecule is Cc1noc(-c2n[nH]c3c2C=CC(c2ccncn2)(c2ccncn2)C3)n1. The second-order valence-electron chi connectivity index (χ2n) is 6.28. The molecule has 0 saturated heterocycles. The number of nitrogens with one attached hydrogen (secondary N) is 1. The number of fused-ring (bicyclic) bond motifs is 1. The van der Waals surface area contributed by atoms with E-state index in [1.165, 1.54) is 0 Å². The van der Waals surface area contributed by atoms with E-state index in [4.69, 9.17) is 4.52 Å². The molecule has 0 saturated carbocycles. The lowest BCUT2D eigenvalue weighted by molar-refractivity contribution is 0.424. The topological polar surface area (TPSA) is 119 Å². The molecule has 5 rings (SSSR count). The van der Waals surface area contributed by atoms with Crippen LogP contribution >= 0.6 is 0 Å². The van der Waals surface area contributed by atoms with Gasteiger partial charge in [-0.25, -0.2) is 19.9 Å². The summed E-state index contributed by atoms with van der Waals surface area (Å²) in [6, 6.07) is 3.80. The average molecular weight is 358 g/mol. The maximum absolute atomic E-state index is 5.28. The molecule has 4 heterocycles. The van der Waals surface area contributed by atoms with Crippen LogP contribution in [0.2, 0.25) is 0 Å². The Kier molecular flexibility index (Phi) is 3.39. The number of nitrogens with zero attached hydrogens (tertiary/aromatic N) is 7. The van der Waals surface area contributed by atoms with Gasteiger partial charge in [0.15, 0.2) is 11.5 Å². The number of aromatic nitrogens is 8. The third kappa shape index (κ3) is 2.43. The summed E-state index contributed by atoms with van der Waals surface area (Å²) >= 11 is 0. The molecule has 0 aliphatic heterocycles. The van der Waals surface area contributed by atoms with E-state index in [2.05, 4.69) is 46.3 Å². The van der Waals surface area contributed by atoms with Crippen LogP contribution in [0.4, 0.5) is 0 Å². The highest BCUT2D eigenvalue weighted by Crippen LogP contribution is 2.41. The number of H-pyrrole nitrogens is 1. The first kappa shape index (κ1) is 15.5. The minimum Gasteiger partial charge on any atom is -0.332 e. The van der Waals surface area contributed by atoms with E-state index in [1.54, 1.807) is 32.0 Å². The summed E-state index contributed by atoms with van der Waals surface area (Å²) in [5.41, 5.74) is 3.66. The van der Waals surface area contributed by atoms with E-state index in [0.29, 0.717) is 23.8 Å². The van der Waals surface area contributed by atoms with E-state index in [0.717, 1.165) is 22.6 Å². The minimum atomic E-state index is -0.548. The van der Waals surface area contributed by atoms with Crippen molar-refractivity contribution < 1.29 is 4.52 Å². The molecule has 0 fully saturated rings. The van der Waals surface area contributed by atoms with Crippen molar-refractivity contribution in [2.75, 3.05) is 0 Å². The molecule has 4 aromatic heterocycles. The quantitative estimate of drug-likeness (QED) is 0.590. The summed E-state index contributed by atoms with van der Waals surface area (Å²) in [5, 5.41) is 11.4. The summed E-state index contributed by atoms with van der Waals surface area (Å²) in [6.07, 6.45) is 11.2. The fraction of sp³-hybridized carbons (Fsp3) is 0.167. The fourth-order valence-electron chi connectivity index (χ4n) is 3.41. The third-order valence-electron chi connectivity index (χ3n) is 4.68. The molecule has 1 aliphatic carbocycles. The average Bonchev–Trinajstić information content (AvgIpc) is 3.34. The minimum absolute atomic E-state index is 0.395. The van der Waals surface area contributed by atoms with Crippen LogP contribution in [-0.4, -0.2) is 40.3 Å². The van der Waals surface area contributed by atoms with E-state index in [9.17, 15) is 0 Å². The van der Waals surface area contributed by atoms with Gasteiger partial charge in [-0.15, -0.1) is 0 Å². The number of hydrogen-bond donors (Lipinski definition) is 1. The number of allylic oxidation sites excluding steroid dienone is 1. The molecular weight excluding hydrogens is 344 g/mol. The van der Waals surface area contributed by atoms with Gasteiger partial charge in [0.05, 0.1) is 16.8 Å². The van der Waals surface area contributed by atoms with Crippen molar-refractivity contribution in [3.63, 3.8) is 0 Å². The lowest BCUT2D eigenvalue weighted by Gasteiger charge is -2.31. The van der Waals surface area contributed by atoms with Crippen LogP contribution in [0.3, 0.4) is 0 Å². The van der Waals surface area contributed by atoms with Gasteiger partial charge in [-0.2, -0.15) is 10.1 Å². The molecule has 0 atom stereocenters. The largest absolute Gasteiger partial charge is 0.332 e. The van der Waals surface area contributed by atoms with Gasteiger partial charge < -0.3 is 4.52 Å². The van der Waals surface area contributed by atoms with Gasteiger partial charge in [0.25, 0.3) is 5.89 Å². The highest BCUT2D eigenvalue weighted by molar-refractivity contribution is 5.72. The lowest BCUT2D eigenvalue weighted by Crippen LogP contribution is -2.32. The maximum atomic E-state index is 5.28. The maximum Gasteiger partial charge on any atom is 0.279 e. The van der Waals surface area contributed by atoms with Gasteiger partial charge in [-0.05, 0) is 19.1 Å². The predicted molar refractivity (Wildman–Crippen MR) is 94.2 cm³/mol. The van der Waals surface area contributed by atoms with Crippen LogP contribution < -0.4 is 0 Å². The summed E-state index contributed by atoms with van der Waals surface area (Å²) in [6.45, 7) is 1.77. The van der Waals surface area contributed by atoms with Gasteiger partial charge >= 0.3 is 0 Å². The Balaban J connectivity index is 1.66. The van der Waals surface area contributed by atoms with Crippen LogP contribution in [0.1, 0.15) is 28.5 Å². The number of aryl methyl sites for hydroxylation is 1. The molecule has 9 heteroatoms. The lowest BCUT2D eigenvalue weighted by atomic mass is 9.73. The fourth-order valence-corrected chi connectivity index (χ4v) is 3.41. The molecule has 0 aromatic carbocycles. The second kappa shape index (κ2) is 5.90. The van der Waals surface area contributed by atoms with Gasteiger partial charge in [-0.3, -0.25) is 5.10 Å². The summed E-state index contributed by atoms with van der Waals surface area (Å²) in [4.78, 5) is 21.3. The molecule has 1 aliphatic rings. The second-order valence-corrected chi connectivity index (χ2v) is 6.28. The Morgan fingerprint density at radius 1 is 1.07 bits per heavy atom. The molecular formula is C18H14N8O. The number of aromatic amines is 1. The molecule has 132 valence electrons. The van der Waals surface area contributed by atoms with E-state index < -0.39 is 5.41 Å². The normalized spacial score (nSPS) is 14.9. The summed E-state index contributed by atoms with van der Waals surface area (Å²) in [5.74, 6) is 0.962. The summed E-state index contributed by atoms with van der Waals surface area (Å²) in [7, 11) is 0.